The molecule has 0 aliphatic heterocycles. The van der Waals surface area contributed by atoms with Crippen LogP contribution in [0.25, 0.3) is 11.0 Å². The third-order valence-corrected chi connectivity index (χ3v) is 4.03. The van der Waals surface area contributed by atoms with E-state index >= 15 is 0 Å². The van der Waals surface area contributed by atoms with E-state index in [-0.39, 0.29) is 0 Å². The van der Waals surface area contributed by atoms with Gasteiger partial charge in [0, 0.05) is 17.5 Å². The Labute approximate surface area is 125 Å². The van der Waals surface area contributed by atoms with Gasteiger partial charge in [0.25, 0.3) is 0 Å². The zero-order chi connectivity index (χ0) is 14.7. The van der Waals surface area contributed by atoms with Crippen molar-refractivity contribution in [2.75, 3.05) is 6.54 Å². The molecule has 1 aromatic heterocycles. The number of aryl methyl sites for hydroxylation is 2. The molecule has 0 aliphatic rings. The van der Waals surface area contributed by atoms with Crippen LogP contribution in [0.1, 0.15) is 22.5 Å². The summed E-state index contributed by atoms with van der Waals surface area (Å²) in [6.45, 7) is 6.04. The van der Waals surface area contributed by atoms with Gasteiger partial charge in [0.05, 0.1) is 0 Å². The molecule has 1 N–H and O–H groups in total. The van der Waals surface area contributed by atoms with Crippen molar-refractivity contribution in [2.24, 2.45) is 0 Å². The van der Waals surface area contributed by atoms with Crippen LogP contribution in [0.15, 0.2) is 52.9 Å². The Balaban J connectivity index is 1.62. The number of rotatable bonds is 5. The number of hydrogen-bond acceptors (Lipinski definition) is 2. The smallest absolute Gasteiger partial charge is 0.134 e. The van der Waals surface area contributed by atoms with Crippen molar-refractivity contribution in [1.82, 2.24) is 5.32 Å². The fourth-order valence-electron chi connectivity index (χ4n) is 2.77. The molecule has 2 aromatic carbocycles. The summed E-state index contributed by atoms with van der Waals surface area (Å²) in [4.78, 5) is 0. The third-order valence-electron chi connectivity index (χ3n) is 4.03. The van der Waals surface area contributed by atoms with Crippen LogP contribution in [0, 0.1) is 13.8 Å². The van der Waals surface area contributed by atoms with Gasteiger partial charge in [-0.2, -0.15) is 0 Å². The number of benzene rings is 2. The highest BCUT2D eigenvalue weighted by molar-refractivity contribution is 5.82. The van der Waals surface area contributed by atoms with Crippen LogP contribution >= 0.6 is 0 Å². The van der Waals surface area contributed by atoms with Gasteiger partial charge in [-0.25, -0.2) is 0 Å². The molecular weight excluding hydrogens is 258 g/mol. The van der Waals surface area contributed by atoms with Crippen LogP contribution in [-0.2, 0) is 13.0 Å². The summed E-state index contributed by atoms with van der Waals surface area (Å²) in [5.41, 5.74) is 5.03. The van der Waals surface area contributed by atoms with E-state index in [1.807, 2.05) is 19.1 Å². The highest BCUT2D eigenvalue weighted by atomic mass is 16.3. The minimum absolute atomic E-state index is 0.856. The second-order valence-corrected chi connectivity index (χ2v) is 5.49. The number of nitrogens with one attached hydrogen (secondary N) is 1. The van der Waals surface area contributed by atoms with Crippen LogP contribution in [0.4, 0.5) is 0 Å². The summed E-state index contributed by atoms with van der Waals surface area (Å²) in [6.07, 6.45) is 1.06. The second-order valence-electron chi connectivity index (χ2n) is 5.49. The predicted octanol–water partition coefficient (Wildman–Crippen LogP) is 4.38. The van der Waals surface area contributed by atoms with E-state index in [2.05, 4.69) is 48.6 Å². The molecule has 0 amide bonds. The van der Waals surface area contributed by atoms with Gasteiger partial charge in [-0.05, 0) is 44.0 Å². The number of furan rings is 1. The van der Waals surface area contributed by atoms with Crippen molar-refractivity contribution in [3.05, 3.63) is 71.0 Å². The summed E-state index contributed by atoms with van der Waals surface area (Å²) in [6, 6.07) is 16.8. The molecule has 2 nitrogen and oxygen atoms in total. The zero-order valence-corrected chi connectivity index (χ0v) is 12.6. The topological polar surface area (TPSA) is 25.2 Å². The molecule has 108 valence electrons. The average molecular weight is 279 g/mol. The number of fused-ring (bicyclic) bond motifs is 1. The van der Waals surface area contributed by atoms with Gasteiger partial charge in [0.15, 0.2) is 0 Å². The van der Waals surface area contributed by atoms with Crippen molar-refractivity contribution >= 4 is 11.0 Å². The Morgan fingerprint density at radius 1 is 0.952 bits per heavy atom. The van der Waals surface area contributed by atoms with E-state index in [9.17, 15) is 0 Å². The molecule has 3 rings (SSSR count). The largest absolute Gasteiger partial charge is 0.461 e. The van der Waals surface area contributed by atoms with Crippen molar-refractivity contribution in [3.63, 3.8) is 0 Å². The van der Waals surface area contributed by atoms with Crippen LogP contribution in [0.3, 0.4) is 0 Å². The van der Waals surface area contributed by atoms with E-state index in [1.165, 1.54) is 22.1 Å². The van der Waals surface area contributed by atoms with Gasteiger partial charge in [0.1, 0.15) is 11.3 Å². The van der Waals surface area contributed by atoms with Crippen molar-refractivity contribution < 1.29 is 4.42 Å². The Morgan fingerprint density at radius 3 is 2.57 bits per heavy atom. The number of hydrogen-bond donors (Lipinski definition) is 1. The van der Waals surface area contributed by atoms with Crippen molar-refractivity contribution in [1.29, 1.82) is 0 Å². The van der Waals surface area contributed by atoms with Crippen LogP contribution in [0.2, 0.25) is 0 Å². The molecule has 3 aromatic rings. The lowest BCUT2D eigenvalue weighted by atomic mass is 10.1. The first-order valence-electron chi connectivity index (χ1n) is 7.48. The summed E-state index contributed by atoms with van der Waals surface area (Å²) < 4.78 is 5.79. The Bertz CT molecular complexity index is 742. The molecule has 0 fully saturated rings. The van der Waals surface area contributed by atoms with Gasteiger partial charge in [0.2, 0.25) is 0 Å². The molecule has 0 atom stereocenters. The summed E-state index contributed by atoms with van der Waals surface area (Å²) >= 11 is 0. The average Bonchev–Trinajstić information content (AvgIpc) is 2.81. The molecule has 0 spiro atoms. The molecule has 0 saturated heterocycles. The lowest BCUT2D eigenvalue weighted by molar-refractivity contribution is 0.565. The molecule has 0 unspecified atom stereocenters. The summed E-state index contributed by atoms with van der Waals surface area (Å²) in [5, 5.41) is 4.76. The van der Waals surface area contributed by atoms with E-state index in [0.717, 1.165) is 30.9 Å². The van der Waals surface area contributed by atoms with Crippen LogP contribution in [0.5, 0.6) is 0 Å². The normalized spacial score (nSPS) is 11.1. The second kappa shape index (κ2) is 6.15. The highest BCUT2D eigenvalue weighted by Crippen LogP contribution is 2.24. The molecule has 1 heterocycles. The van der Waals surface area contributed by atoms with E-state index in [4.69, 9.17) is 4.42 Å². The van der Waals surface area contributed by atoms with E-state index in [1.54, 1.807) is 0 Å². The first kappa shape index (κ1) is 13.9. The van der Waals surface area contributed by atoms with Gasteiger partial charge in [-0.15, -0.1) is 0 Å². The van der Waals surface area contributed by atoms with Gasteiger partial charge in [-0.1, -0.05) is 42.5 Å². The van der Waals surface area contributed by atoms with E-state index < -0.39 is 0 Å². The maximum atomic E-state index is 5.79. The molecule has 21 heavy (non-hydrogen) atoms. The van der Waals surface area contributed by atoms with Gasteiger partial charge < -0.3 is 9.73 Å². The summed E-state index contributed by atoms with van der Waals surface area (Å²) in [5.74, 6) is 1.01. The maximum Gasteiger partial charge on any atom is 0.134 e. The highest BCUT2D eigenvalue weighted by Gasteiger charge is 2.09. The van der Waals surface area contributed by atoms with Crippen LogP contribution < -0.4 is 5.32 Å². The molecule has 0 aliphatic carbocycles. The maximum absolute atomic E-state index is 5.79. The first-order chi connectivity index (χ1) is 10.3. The van der Waals surface area contributed by atoms with Crippen molar-refractivity contribution in [2.45, 2.75) is 26.8 Å². The Hall–Kier alpha value is -2.06. The quantitative estimate of drug-likeness (QED) is 0.701. The lowest BCUT2D eigenvalue weighted by Crippen LogP contribution is -2.17. The number of para-hydroxylation sites is 1. The van der Waals surface area contributed by atoms with Gasteiger partial charge in [-0.3, -0.25) is 0 Å². The van der Waals surface area contributed by atoms with E-state index in [0.29, 0.717) is 0 Å². The molecule has 2 heteroatoms. The fourth-order valence-corrected chi connectivity index (χ4v) is 2.77. The van der Waals surface area contributed by atoms with Crippen LogP contribution in [-0.4, -0.2) is 6.54 Å². The van der Waals surface area contributed by atoms with Gasteiger partial charge >= 0.3 is 0 Å². The zero-order valence-electron chi connectivity index (χ0n) is 12.6. The first-order valence-corrected chi connectivity index (χ1v) is 7.48. The minimum Gasteiger partial charge on any atom is -0.461 e. The molecule has 0 saturated carbocycles. The monoisotopic (exact) mass is 279 g/mol. The lowest BCUT2D eigenvalue weighted by Gasteiger charge is -2.07. The fraction of sp³-hybridized carbons (Fsp3) is 0.263. The minimum atomic E-state index is 0.856. The van der Waals surface area contributed by atoms with Crippen molar-refractivity contribution in [3.8, 4) is 0 Å². The SMILES string of the molecule is Cc1ccccc1CCNCc1c(C)oc2ccccc12. The third kappa shape index (κ3) is 3.01. The molecular formula is C19H21NO. The standard InChI is InChI=1S/C19H21NO/c1-14-7-3-4-8-16(14)11-12-20-13-18-15(2)21-19-10-6-5-9-17(18)19/h3-10,20H,11-13H2,1-2H3. The molecule has 0 radical (unpaired) electrons. The Kier molecular flexibility index (Phi) is 4.07. The summed E-state index contributed by atoms with van der Waals surface area (Å²) in [7, 11) is 0. The molecule has 0 bridgehead atoms. The predicted molar refractivity (Wildman–Crippen MR) is 87.5 cm³/mol. The Morgan fingerprint density at radius 2 is 1.71 bits per heavy atom.